The minimum atomic E-state index is -2.64. The minimum Gasteiger partial charge on any atom is -0.254 e. The molecule has 6 heteroatoms. The van der Waals surface area contributed by atoms with E-state index in [2.05, 4.69) is 15.0 Å². The van der Waals surface area contributed by atoms with Crippen molar-refractivity contribution in [2.45, 2.75) is 13.3 Å². The fourth-order valence-electron chi connectivity index (χ4n) is 1.32. The zero-order chi connectivity index (χ0) is 11.0. The van der Waals surface area contributed by atoms with Crippen molar-refractivity contribution in [2.24, 2.45) is 0 Å². The second-order valence-corrected chi connectivity index (χ2v) is 3.37. The maximum absolute atomic E-state index is 12.6. The molecule has 0 bridgehead atoms. The van der Waals surface area contributed by atoms with Crippen molar-refractivity contribution in [3.8, 4) is 0 Å². The van der Waals surface area contributed by atoms with E-state index in [9.17, 15) is 8.78 Å². The van der Waals surface area contributed by atoms with Gasteiger partial charge >= 0.3 is 0 Å². The highest BCUT2D eigenvalue weighted by atomic mass is 35.5. The third kappa shape index (κ3) is 1.74. The molecule has 2 aromatic heterocycles. The molecular formula is C9H6ClF2N3. The molecule has 0 amide bonds. The first-order valence-corrected chi connectivity index (χ1v) is 4.53. The molecule has 0 fully saturated rings. The summed E-state index contributed by atoms with van der Waals surface area (Å²) in [5.74, 6) is 0. The largest absolute Gasteiger partial charge is 0.281 e. The van der Waals surface area contributed by atoms with Crippen LogP contribution in [0.15, 0.2) is 12.4 Å². The Balaban J connectivity index is 2.82. The SMILES string of the molecule is Cc1cnc(C(F)F)c2cnc(Cl)nc12. The molecule has 0 N–H and O–H groups in total. The highest BCUT2D eigenvalue weighted by Crippen LogP contribution is 2.26. The smallest absolute Gasteiger partial charge is 0.254 e. The Bertz CT molecular complexity index is 516. The van der Waals surface area contributed by atoms with Gasteiger partial charge in [-0.2, -0.15) is 0 Å². The van der Waals surface area contributed by atoms with Crippen molar-refractivity contribution in [1.29, 1.82) is 0 Å². The average molecular weight is 230 g/mol. The molecule has 0 aliphatic rings. The molecule has 2 aromatic rings. The van der Waals surface area contributed by atoms with Crippen molar-refractivity contribution in [1.82, 2.24) is 15.0 Å². The molecule has 0 aliphatic carbocycles. The topological polar surface area (TPSA) is 38.7 Å². The predicted octanol–water partition coefficient (Wildman–Crippen LogP) is 2.92. The van der Waals surface area contributed by atoms with E-state index in [1.165, 1.54) is 12.4 Å². The van der Waals surface area contributed by atoms with Crippen LogP contribution in [0.4, 0.5) is 8.78 Å². The Hall–Kier alpha value is -1.36. The summed E-state index contributed by atoms with van der Waals surface area (Å²) in [5, 5.41) is 0.284. The summed E-state index contributed by atoms with van der Waals surface area (Å²) in [6.07, 6.45) is -0.0165. The molecule has 0 radical (unpaired) electrons. The summed E-state index contributed by atoms with van der Waals surface area (Å²) >= 11 is 5.59. The van der Waals surface area contributed by atoms with E-state index in [0.29, 0.717) is 11.1 Å². The monoisotopic (exact) mass is 229 g/mol. The fraction of sp³-hybridized carbons (Fsp3) is 0.222. The molecule has 0 atom stereocenters. The number of pyridine rings is 1. The fourth-order valence-corrected chi connectivity index (χ4v) is 1.45. The number of aryl methyl sites for hydroxylation is 1. The van der Waals surface area contributed by atoms with E-state index in [-0.39, 0.29) is 16.4 Å². The first-order valence-electron chi connectivity index (χ1n) is 4.15. The number of rotatable bonds is 1. The Morgan fingerprint density at radius 2 is 2.00 bits per heavy atom. The molecule has 0 aromatic carbocycles. The van der Waals surface area contributed by atoms with Gasteiger partial charge in [-0.05, 0) is 24.1 Å². The quantitative estimate of drug-likeness (QED) is 0.706. The van der Waals surface area contributed by atoms with Gasteiger partial charge < -0.3 is 0 Å². The average Bonchev–Trinajstić information content (AvgIpc) is 2.19. The van der Waals surface area contributed by atoms with Crippen LogP contribution < -0.4 is 0 Å². The normalized spacial score (nSPS) is 11.3. The van der Waals surface area contributed by atoms with Gasteiger partial charge in [0.15, 0.2) is 0 Å². The van der Waals surface area contributed by atoms with Gasteiger partial charge in [-0.3, -0.25) is 4.98 Å². The molecule has 0 aliphatic heterocycles. The van der Waals surface area contributed by atoms with E-state index in [0.717, 1.165) is 0 Å². The first kappa shape index (κ1) is 10.2. The number of nitrogens with zero attached hydrogens (tertiary/aromatic N) is 3. The Labute approximate surface area is 89.1 Å². The van der Waals surface area contributed by atoms with Crippen LogP contribution in [0.5, 0.6) is 0 Å². The van der Waals surface area contributed by atoms with Gasteiger partial charge in [0.05, 0.1) is 5.52 Å². The van der Waals surface area contributed by atoms with E-state index in [1.54, 1.807) is 6.92 Å². The van der Waals surface area contributed by atoms with Crippen LogP contribution >= 0.6 is 11.6 Å². The van der Waals surface area contributed by atoms with E-state index >= 15 is 0 Å². The molecule has 0 saturated heterocycles. The standard InChI is InChI=1S/C9H6ClF2N3/c1-4-2-13-7(8(11)12)5-3-14-9(10)15-6(4)5/h2-3,8H,1H3. The highest BCUT2D eigenvalue weighted by molar-refractivity contribution is 6.28. The second kappa shape index (κ2) is 3.66. The minimum absolute atomic E-state index is 0.0389. The number of aromatic nitrogens is 3. The van der Waals surface area contributed by atoms with Gasteiger partial charge in [-0.1, -0.05) is 0 Å². The summed E-state index contributed by atoms with van der Waals surface area (Å²) in [4.78, 5) is 11.2. The summed E-state index contributed by atoms with van der Waals surface area (Å²) in [6, 6.07) is 0. The lowest BCUT2D eigenvalue weighted by Crippen LogP contribution is -1.96. The predicted molar refractivity (Wildman–Crippen MR) is 52.0 cm³/mol. The van der Waals surface area contributed by atoms with Crippen LogP contribution in [0, 0.1) is 6.92 Å². The van der Waals surface area contributed by atoms with Crippen molar-refractivity contribution in [2.75, 3.05) is 0 Å². The van der Waals surface area contributed by atoms with Crippen molar-refractivity contribution >= 4 is 22.5 Å². The van der Waals surface area contributed by atoms with Crippen LogP contribution in [0.25, 0.3) is 10.9 Å². The van der Waals surface area contributed by atoms with Gasteiger partial charge in [0.1, 0.15) is 5.69 Å². The maximum atomic E-state index is 12.6. The molecule has 2 heterocycles. The Morgan fingerprint density at radius 3 is 2.67 bits per heavy atom. The lowest BCUT2D eigenvalue weighted by atomic mass is 10.2. The lowest BCUT2D eigenvalue weighted by molar-refractivity contribution is 0.148. The van der Waals surface area contributed by atoms with Crippen molar-refractivity contribution in [3.05, 3.63) is 28.9 Å². The van der Waals surface area contributed by atoms with Gasteiger partial charge in [0.25, 0.3) is 6.43 Å². The van der Waals surface area contributed by atoms with E-state index in [4.69, 9.17) is 11.6 Å². The third-order valence-corrected chi connectivity index (χ3v) is 2.19. The van der Waals surface area contributed by atoms with Crippen LogP contribution in [0.3, 0.4) is 0 Å². The van der Waals surface area contributed by atoms with Crippen molar-refractivity contribution < 1.29 is 8.78 Å². The Kier molecular flexibility index (Phi) is 2.48. The van der Waals surface area contributed by atoms with Gasteiger partial charge in [-0.15, -0.1) is 0 Å². The summed E-state index contributed by atoms with van der Waals surface area (Å²) < 4.78 is 25.2. The maximum Gasteiger partial charge on any atom is 0.281 e. The van der Waals surface area contributed by atoms with E-state index < -0.39 is 6.43 Å². The van der Waals surface area contributed by atoms with Gasteiger partial charge in [-0.25, -0.2) is 18.7 Å². The number of halogens is 3. The number of hydrogen-bond donors (Lipinski definition) is 0. The first-order chi connectivity index (χ1) is 7.09. The molecule has 78 valence electrons. The van der Waals surface area contributed by atoms with Crippen LogP contribution in [-0.2, 0) is 0 Å². The second-order valence-electron chi connectivity index (χ2n) is 3.03. The lowest BCUT2D eigenvalue weighted by Gasteiger charge is -2.05. The summed E-state index contributed by atoms with van der Waals surface area (Å²) in [7, 11) is 0. The van der Waals surface area contributed by atoms with Crippen molar-refractivity contribution in [3.63, 3.8) is 0 Å². The number of alkyl halides is 2. The zero-order valence-corrected chi connectivity index (χ0v) is 8.46. The number of hydrogen-bond acceptors (Lipinski definition) is 3. The molecule has 0 saturated carbocycles. The Morgan fingerprint density at radius 1 is 1.27 bits per heavy atom. The zero-order valence-electron chi connectivity index (χ0n) is 7.71. The summed E-state index contributed by atoms with van der Waals surface area (Å²) in [6.45, 7) is 1.73. The molecule has 3 nitrogen and oxygen atoms in total. The summed E-state index contributed by atoms with van der Waals surface area (Å²) in [5.41, 5.74) is 0.797. The van der Waals surface area contributed by atoms with E-state index in [1.807, 2.05) is 0 Å². The van der Waals surface area contributed by atoms with Crippen LogP contribution in [0.1, 0.15) is 17.7 Å². The molecule has 0 spiro atoms. The van der Waals surface area contributed by atoms with Crippen LogP contribution in [0.2, 0.25) is 5.28 Å². The number of fused-ring (bicyclic) bond motifs is 1. The van der Waals surface area contributed by atoms with Gasteiger partial charge in [0.2, 0.25) is 5.28 Å². The van der Waals surface area contributed by atoms with Crippen LogP contribution in [-0.4, -0.2) is 15.0 Å². The molecular weight excluding hydrogens is 224 g/mol. The third-order valence-electron chi connectivity index (χ3n) is 2.01. The highest BCUT2D eigenvalue weighted by Gasteiger charge is 2.15. The molecule has 15 heavy (non-hydrogen) atoms. The van der Waals surface area contributed by atoms with Gasteiger partial charge in [0, 0.05) is 17.8 Å². The molecule has 2 rings (SSSR count). The molecule has 0 unspecified atom stereocenters.